The van der Waals surface area contributed by atoms with Gasteiger partial charge < -0.3 is 48.1 Å². The lowest BCUT2D eigenvalue weighted by atomic mass is 9.86. The number of primary amides is 2. The Morgan fingerprint density at radius 2 is 1.17 bits per heavy atom. The molecule has 2 aliphatic rings. The summed E-state index contributed by atoms with van der Waals surface area (Å²) in [5, 5.41) is 20.6. The lowest BCUT2D eigenvalue weighted by Crippen LogP contribution is -2.59. The van der Waals surface area contributed by atoms with Crippen LogP contribution in [0.2, 0.25) is 0 Å². The lowest BCUT2D eigenvalue weighted by Gasteiger charge is -2.41. The van der Waals surface area contributed by atoms with Crippen LogP contribution in [0.15, 0.2) is 67.1 Å². The maximum Gasteiger partial charge on any atom is 0.355 e. The van der Waals surface area contributed by atoms with Crippen molar-refractivity contribution in [3.63, 3.8) is 0 Å². The number of para-hydroxylation sites is 4. The smallest absolute Gasteiger partial charge is 0.355 e. The van der Waals surface area contributed by atoms with E-state index in [0.717, 1.165) is 35.8 Å². The van der Waals surface area contributed by atoms with Crippen LogP contribution in [0.5, 0.6) is 0 Å². The van der Waals surface area contributed by atoms with Gasteiger partial charge in [-0.3, -0.25) is 14.4 Å². The van der Waals surface area contributed by atoms with E-state index in [2.05, 4.69) is 67.6 Å². The number of thiazole rings is 2. The second-order valence-corrected chi connectivity index (χ2v) is 16.4. The van der Waals surface area contributed by atoms with E-state index in [-0.39, 0.29) is 23.4 Å². The fourth-order valence-corrected chi connectivity index (χ4v) is 8.00. The van der Waals surface area contributed by atoms with Gasteiger partial charge >= 0.3 is 5.97 Å². The molecule has 2 aliphatic heterocycles. The van der Waals surface area contributed by atoms with E-state index in [1.807, 2.05) is 48.5 Å². The SMILES string of the molecule is CNC1(C(N)=O)CCN(c2ccccc2N)CC1.CNC1(C(N)=O)CCN(c2ccccc2NC(=O)c2csc(Br)n2)CC1.O=C(O)c1csc(Br)n1. The zero-order valence-electron chi connectivity index (χ0n) is 29.1. The van der Waals surface area contributed by atoms with Crippen LogP contribution < -0.4 is 43.0 Å². The van der Waals surface area contributed by atoms with Crippen LogP contribution in [0.25, 0.3) is 0 Å². The zero-order chi connectivity index (χ0) is 38.8. The van der Waals surface area contributed by atoms with Crippen molar-refractivity contribution in [2.24, 2.45) is 11.5 Å². The maximum absolute atomic E-state index is 12.4. The number of nitrogens with one attached hydrogen (secondary N) is 3. The molecule has 0 bridgehead atoms. The molecule has 10 N–H and O–H groups in total. The number of nitrogen functional groups attached to an aromatic ring is 1. The van der Waals surface area contributed by atoms with Crippen molar-refractivity contribution in [2.45, 2.75) is 36.8 Å². The Bertz CT molecular complexity index is 1890. The highest BCUT2D eigenvalue weighted by Crippen LogP contribution is 2.32. The largest absolute Gasteiger partial charge is 0.476 e. The first-order chi connectivity index (χ1) is 25.2. The molecule has 4 aromatic rings. The molecule has 284 valence electrons. The van der Waals surface area contributed by atoms with Gasteiger partial charge in [0.2, 0.25) is 11.8 Å². The van der Waals surface area contributed by atoms with Crippen molar-refractivity contribution in [2.75, 3.05) is 61.1 Å². The van der Waals surface area contributed by atoms with Gasteiger partial charge in [-0.15, -0.1) is 22.7 Å². The van der Waals surface area contributed by atoms with E-state index in [9.17, 15) is 19.2 Å². The number of benzene rings is 2. The number of likely N-dealkylation sites (N-methyl/N-ethyl adjacent to an activating group) is 2. The quantitative estimate of drug-likeness (QED) is 0.118. The number of halogens is 2. The molecule has 0 aliphatic carbocycles. The molecule has 0 radical (unpaired) electrons. The molecular formula is C34H42Br2N10O5S2. The number of nitrogens with two attached hydrogens (primary N) is 3. The highest BCUT2D eigenvalue weighted by Gasteiger charge is 2.39. The summed E-state index contributed by atoms with van der Waals surface area (Å²) in [6.07, 6.45) is 2.63. The summed E-state index contributed by atoms with van der Waals surface area (Å²) in [7, 11) is 3.55. The van der Waals surface area contributed by atoms with E-state index in [0.29, 0.717) is 52.3 Å². The molecule has 53 heavy (non-hydrogen) atoms. The molecule has 2 saturated heterocycles. The number of anilines is 4. The third-order valence-corrected chi connectivity index (χ3v) is 12.0. The van der Waals surface area contributed by atoms with Gasteiger partial charge in [-0.05, 0) is 95.9 Å². The summed E-state index contributed by atoms with van der Waals surface area (Å²) in [5.74, 6) is -1.84. The van der Waals surface area contributed by atoms with Crippen molar-refractivity contribution in [1.82, 2.24) is 20.6 Å². The van der Waals surface area contributed by atoms with Gasteiger partial charge in [0.25, 0.3) is 5.91 Å². The van der Waals surface area contributed by atoms with Crippen LogP contribution in [-0.2, 0) is 9.59 Å². The van der Waals surface area contributed by atoms with E-state index in [1.165, 1.54) is 28.1 Å². The summed E-state index contributed by atoms with van der Waals surface area (Å²) < 4.78 is 1.27. The number of nitrogens with zero attached hydrogens (tertiary/aromatic N) is 4. The van der Waals surface area contributed by atoms with Gasteiger partial charge in [0.15, 0.2) is 13.5 Å². The molecule has 15 nitrogen and oxygen atoms in total. The van der Waals surface area contributed by atoms with E-state index in [1.54, 1.807) is 19.5 Å². The molecule has 19 heteroatoms. The minimum atomic E-state index is -0.989. The molecule has 0 atom stereocenters. The van der Waals surface area contributed by atoms with Crippen LogP contribution in [0.1, 0.15) is 46.7 Å². The second-order valence-electron chi connectivity index (χ2n) is 12.2. The van der Waals surface area contributed by atoms with Crippen molar-refractivity contribution in [3.05, 3.63) is 78.5 Å². The molecule has 3 amide bonds. The fourth-order valence-electron chi connectivity index (χ4n) is 6.02. The van der Waals surface area contributed by atoms with Crippen LogP contribution in [-0.4, -0.2) is 90.1 Å². The van der Waals surface area contributed by atoms with E-state index >= 15 is 0 Å². The van der Waals surface area contributed by atoms with Crippen LogP contribution in [0.4, 0.5) is 22.7 Å². The molecule has 2 fully saturated rings. The number of amides is 3. The van der Waals surface area contributed by atoms with Crippen LogP contribution >= 0.6 is 54.5 Å². The van der Waals surface area contributed by atoms with Gasteiger partial charge in [-0.2, -0.15) is 0 Å². The first kappa shape index (κ1) is 41.6. The molecule has 0 spiro atoms. The maximum atomic E-state index is 12.4. The molecule has 4 heterocycles. The summed E-state index contributed by atoms with van der Waals surface area (Å²) in [5.41, 5.74) is 19.7. The molecule has 6 rings (SSSR count). The number of aromatic nitrogens is 2. The summed E-state index contributed by atoms with van der Waals surface area (Å²) in [6, 6.07) is 15.4. The highest BCUT2D eigenvalue weighted by atomic mass is 79.9. The van der Waals surface area contributed by atoms with Gasteiger partial charge in [0.05, 0.1) is 22.7 Å². The summed E-state index contributed by atoms with van der Waals surface area (Å²) >= 11 is 8.93. The second kappa shape index (κ2) is 18.8. The van der Waals surface area contributed by atoms with E-state index in [4.69, 9.17) is 22.3 Å². The Balaban J connectivity index is 0.000000200. The van der Waals surface area contributed by atoms with E-state index < -0.39 is 17.0 Å². The molecule has 2 aromatic carbocycles. The average molecular weight is 895 g/mol. The third kappa shape index (κ3) is 10.5. The Morgan fingerprint density at radius 3 is 1.57 bits per heavy atom. The summed E-state index contributed by atoms with van der Waals surface area (Å²) in [4.78, 5) is 58.0. The van der Waals surface area contributed by atoms with Crippen molar-refractivity contribution >= 4 is 101 Å². The lowest BCUT2D eigenvalue weighted by molar-refractivity contribution is -0.125. The standard InChI is InChI=1S/C17H20BrN5O2S.C13H20N4O.C4H2BrNO2S/c1-20-17(15(19)25)6-8-23(9-7-17)13-5-3-2-4-11(13)21-14(24)12-10-26-16(18)22-12;1-16-13(12(15)18)6-8-17(9-7-13)11-5-3-2-4-10(11)14;5-4-6-2(1-9-4)3(7)8/h2-5,10,20H,6-9H2,1H3,(H2,19,25)(H,21,24);2-5,16H,6-9,14H2,1H3,(H2,15,18);1H,(H,7,8). The molecule has 0 saturated carbocycles. The topological polar surface area (TPSA) is 235 Å². The van der Waals surface area contributed by atoms with Gasteiger partial charge in [0, 0.05) is 36.9 Å². The monoisotopic (exact) mass is 892 g/mol. The Kier molecular flexibility index (Phi) is 14.7. The number of carbonyl (C=O) groups is 4. The fraction of sp³-hybridized carbons (Fsp3) is 0.353. The minimum absolute atomic E-state index is 0.0897. The van der Waals surface area contributed by atoms with Crippen molar-refractivity contribution < 1.29 is 24.3 Å². The number of piperidine rings is 2. The Hall–Kier alpha value is -4.14. The number of carboxylic acid groups (broad SMARTS) is 1. The van der Waals surface area contributed by atoms with Crippen molar-refractivity contribution in [1.29, 1.82) is 0 Å². The Morgan fingerprint density at radius 1 is 0.736 bits per heavy atom. The first-order valence-corrected chi connectivity index (χ1v) is 19.8. The number of rotatable bonds is 9. The number of carboxylic acids is 1. The predicted molar refractivity (Wildman–Crippen MR) is 217 cm³/mol. The third-order valence-electron chi connectivity index (χ3n) is 9.31. The number of carbonyl (C=O) groups excluding carboxylic acids is 3. The molecule has 2 aromatic heterocycles. The summed E-state index contributed by atoms with van der Waals surface area (Å²) in [6.45, 7) is 2.88. The zero-order valence-corrected chi connectivity index (χ0v) is 33.9. The van der Waals surface area contributed by atoms with Gasteiger partial charge in [-0.25, -0.2) is 14.8 Å². The van der Waals surface area contributed by atoms with Gasteiger partial charge in [-0.1, -0.05) is 24.3 Å². The number of hydrogen-bond donors (Lipinski definition) is 7. The normalized spacial score (nSPS) is 15.9. The van der Waals surface area contributed by atoms with Gasteiger partial charge in [0.1, 0.15) is 16.8 Å². The van der Waals surface area contributed by atoms with Crippen LogP contribution in [0, 0.1) is 0 Å². The average Bonchev–Trinajstić information content (AvgIpc) is 3.81. The van der Waals surface area contributed by atoms with Crippen LogP contribution in [0.3, 0.4) is 0 Å². The first-order valence-electron chi connectivity index (χ1n) is 16.4. The Labute approximate surface area is 332 Å². The highest BCUT2D eigenvalue weighted by molar-refractivity contribution is 9.11. The van der Waals surface area contributed by atoms with Crippen molar-refractivity contribution in [3.8, 4) is 0 Å². The number of aromatic carboxylic acids is 1. The predicted octanol–water partition coefficient (Wildman–Crippen LogP) is 4.12. The molecular weight excluding hydrogens is 852 g/mol. The minimum Gasteiger partial charge on any atom is -0.476 e. The number of hydrogen-bond acceptors (Lipinski definition) is 13. The molecule has 0 unspecified atom stereocenters.